The Hall–Kier alpha value is -4.06. The third-order valence-electron chi connectivity index (χ3n) is 5.21. The molecule has 3 aromatic rings. The molecule has 0 heterocycles. The highest BCUT2D eigenvalue weighted by Crippen LogP contribution is 2.29. The van der Waals surface area contributed by atoms with Crippen LogP contribution in [0, 0.1) is 6.92 Å². The smallest absolute Gasteiger partial charge is 0.339 e. The minimum absolute atomic E-state index is 0.228. The van der Waals surface area contributed by atoms with Crippen molar-refractivity contribution < 1.29 is 23.9 Å². The van der Waals surface area contributed by atoms with Gasteiger partial charge < -0.3 is 10.1 Å². The Morgan fingerprint density at radius 3 is 2.06 bits per heavy atom. The van der Waals surface area contributed by atoms with E-state index >= 15 is 0 Å². The molecule has 0 radical (unpaired) electrons. The summed E-state index contributed by atoms with van der Waals surface area (Å²) in [6.45, 7) is 3.25. The molecule has 1 N–H and O–H groups in total. The lowest BCUT2D eigenvalue weighted by Gasteiger charge is -2.19. The second-order valence-electron chi connectivity index (χ2n) is 7.32. The summed E-state index contributed by atoms with van der Waals surface area (Å²) in [7, 11) is 0. The predicted octanol–water partition coefficient (Wildman–Crippen LogP) is 3.95. The number of hydrogen-bond acceptors (Lipinski definition) is 5. The molecule has 1 amide bonds. The number of benzene rings is 3. The number of esters is 1. The van der Waals surface area contributed by atoms with Crippen LogP contribution in [0.3, 0.4) is 0 Å². The van der Waals surface area contributed by atoms with Crippen LogP contribution >= 0.6 is 0 Å². The molecule has 0 fully saturated rings. The number of fused-ring (bicyclic) bond motifs is 2. The molecule has 3 aromatic carbocycles. The first kappa shape index (κ1) is 20.2. The van der Waals surface area contributed by atoms with Gasteiger partial charge in [-0.15, -0.1) is 0 Å². The first-order valence-electron chi connectivity index (χ1n) is 9.77. The van der Waals surface area contributed by atoms with Crippen molar-refractivity contribution in [3.63, 3.8) is 0 Å². The third-order valence-corrected chi connectivity index (χ3v) is 5.21. The number of nitrogens with one attached hydrogen (secondary N) is 1. The van der Waals surface area contributed by atoms with Gasteiger partial charge in [0.2, 0.25) is 0 Å². The number of ether oxygens (including phenoxy) is 1. The normalized spacial score (nSPS) is 13.1. The molecule has 0 spiro atoms. The van der Waals surface area contributed by atoms with E-state index < -0.39 is 18.0 Å². The number of rotatable bonds is 4. The fraction of sp³-hybridized carbons (Fsp3) is 0.120. The summed E-state index contributed by atoms with van der Waals surface area (Å²) in [6.07, 6.45) is -1.05. The minimum Gasteiger partial charge on any atom is -0.449 e. The molecule has 1 atom stereocenters. The molecule has 0 saturated carbocycles. The molecular weight excluding hydrogens is 394 g/mol. The van der Waals surface area contributed by atoms with Crippen LogP contribution in [0.15, 0.2) is 66.7 Å². The molecule has 31 heavy (non-hydrogen) atoms. The largest absolute Gasteiger partial charge is 0.449 e. The zero-order valence-corrected chi connectivity index (χ0v) is 17.0. The molecule has 0 bridgehead atoms. The summed E-state index contributed by atoms with van der Waals surface area (Å²) in [5.74, 6) is -1.65. The molecule has 1 aliphatic carbocycles. The minimum atomic E-state index is -1.05. The quantitative estimate of drug-likeness (QED) is 0.512. The Kier molecular flexibility index (Phi) is 5.21. The van der Waals surface area contributed by atoms with Gasteiger partial charge in [-0.2, -0.15) is 0 Å². The van der Waals surface area contributed by atoms with Crippen molar-refractivity contribution in [3.8, 4) is 0 Å². The number of amides is 1. The molecular formula is C25H19NO5. The van der Waals surface area contributed by atoms with E-state index in [-0.39, 0.29) is 17.1 Å². The number of carbonyl (C=O) groups excluding carboxylic acids is 4. The van der Waals surface area contributed by atoms with Gasteiger partial charge in [-0.05, 0) is 43.7 Å². The molecule has 6 heteroatoms. The maximum Gasteiger partial charge on any atom is 0.339 e. The van der Waals surface area contributed by atoms with E-state index in [9.17, 15) is 19.2 Å². The van der Waals surface area contributed by atoms with Gasteiger partial charge >= 0.3 is 5.97 Å². The van der Waals surface area contributed by atoms with Crippen molar-refractivity contribution in [2.24, 2.45) is 0 Å². The second kappa shape index (κ2) is 7.99. The fourth-order valence-corrected chi connectivity index (χ4v) is 3.50. The summed E-state index contributed by atoms with van der Waals surface area (Å²) in [5, 5.41) is 2.64. The topological polar surface area (TPSA) is 89.5 Å². The highest BCUT2D eigenvalue weighted by Gasteiger charge is 2.29. The van der Waals surface area contributed by atoms with Crippen molar-refractivity contribution in [3.05, 3.63) is 100 Å². The van der Waals surface area contributed by atoms with Crippen molar-refractivity contribution >= 4 is 29.1 Å². The van der Waals surface area contributed by atoms with Crippen LogP contribution in [-0.2, 0) is 9.53 Å². The van der Waals surface area contributed by atoms with Crippen molar-refractivity contribution in [1.82, 2.24) is 0 Å². The van der Waals surface area contributed by atoms with Crippen molar-refractivity contribution in [2.75, 3.05) is 5.32 Å². The first-order chi connectivity index (χ1) is 14.9. The maximum atomic E-state index is 12.8. The molecule has 0 aliphatic heterocycles. The number of carbonyl (C=O) groups is 4. The average Bonchev–Trinajstić information content (AvgIpc) is 2.77. The lowest BCUT2D eigenvalue weighted by molar-refractivity contribution is -0.123. The first-order valence-corrected chi connectivity index (χ1v) is 9.77. The van der Waals surface area contributed by atoms with Crippen LogP contribution in [0.4, 0.5) is 5.69 Å². The van der Waals surface area contributed by atoms with Crippen molar-refractivity contribution in [2.45, 2.75) is 20.0 Å². The highest BCUT2D eigenvalue weighted by atomic mass is 16.5. The van der Waals surface area contributed by atoms with Gasteiger partial charge in [0.15, 0.2) is 17.7 Å². The maximum absolute atomic E-state index is 12.8. The molecule has 6 nitrogen and oxygen atoms in total. The van der Waals surface area contributed by atoms with Crippen LogP contribution in [0.25, 0.3) is 0 Å². The van der Waals surface area contributed by atoms with Crippen LogP contribution < -0.4 is 5.32 Å². The molecule has 4 rings (SSSR count). The van der Waals surface area contributed by atoms with E-state index in [1.54, 1.807) is 55.5 Å². The summed E-state index contributed by atoms with van der Waals surface area (Å²) < 4.78 is 5.28. The monoisotopic (exact) mass is 413 g/mol. The highest BCUT2D eigenvalue weighted by molar-refractivity contribution is 6.28. The number of hydrogen-bond donors (Lipinski definition) is 1. The number of anilines is 1. The van der Waals surface area contributed by atoms with E-state index in [4.69, 9.17) is 4.74 Å². The Bertz CT molecular complexity index is 1240. The predicted molar refractivity (Wildman–Crippen MR) is 114 cm³/mol. The summed E-state index contributed by atoms with van der Waals surface area (Å²) in [4.78, 5) is 50.4. The van der Waals surface area contributed by atoms with Gasteiger partial charge in [-0.25, -0.2) is 4.79 Å². The zero-order valence-electron chi connectivity index (χ0n) is 17.0. The molecule has 1 unspecified atom stereocenters. The molecule has 154 valence electrons. The van der Waals surface area contributed by atoms with Crippen LogP contribution in [0.1, 0.15) is 54.7 Å². The van der Waals surface area contributed by atoms with Crippen molar-refractivity contribution in [1.29, 1.82) is 0 Å². The van der Waals surface area contributed by atoms with Crippen LogP contribution in [-0.4, -0.2) is 29.5 Å². The second-order valence-corrected chi connectivity index (χ2v) is 7.32. The standard InChI is InChI=1S/C25H19NO5/c1-14-7-3-4-8-17(14)25(30)31-15(2)24(29)26-16-11-12-20-21(13-16)23(28)19-10-6-5-9-18(19)22(20)27/h3-13,15H,1-2H3,(H,26,29). The van der Waals surface area contributed by atoms with Gasteiger partial charge in [-0.1, -0.05) is 42.5 Å². The van der Waals surface area contributed by atoms with Gasteiger partial charge in [0, 0.05) is 27.9 Å². The van der Waals surface area contributed by atoms with Gasteiger partial charge in [-0.3, -0.25) is 14.4 Å². The number of aryl methyl sites for hydroxylation is 1. The van der Waals surface area contributed by atoms with E-state index in [2.05, 4.69) is 5.32 Å². The van der Waals surface area contributed by atoms with Gasteiger partial charge in [0.25, 0.3) is 5.91 Å². The Balaban J connectivity index is 1.51. The summed E-state index contributed by atoms with van der Waals surface area (Å²) in [6, 6.07) is 18.1. The van der Waals surface area contributed by atoms with E-state index in [1.165, 1.54) is 19.1 Å². The molecule has 0 aromatic heterocycles. The Morgan fingerprint density at radius 2 is 1.39 bits per heavy atom. The van der Waals surface area contributed by atoms with Crippen LogP contribution in [0.2, 0.25) is 0 Å². The summed E-state index contributed by atoms with van der Waals surface area (Å²) >= 11 is 0. The van der Waals surface area contributed by atoms with Crippen LogP contribution in [0.5, 0.6) is 0 Å². The summed E-state index contributed by atoms with van der Waals surface area (Å²) in [5.41, 5.74) is 2.70. The lowest BCUT2D eigenvalue weighted by Crippen LogP contribution is -2.30. The van der Waals surface area contributed by atoms with Gasteiger partial charge in [0.1, 0.15) is 0 Å². The Morgan fingerprint density at radius 1 is 0.806 bits per heavy atom. The van der Waals surface area contributed by atoms with E-state index in [1.807, 2.05) is 6.07 Å². The Labute approximate surface area is 178 Å². The third kappa shape index (κ3) is 3.75. The zero-order chi connectivity index (χ0) is 22.1. The lowest BCUT2D eigenvalue weighted by atomic mass is 9.84. The SMILES string of the molecule is Cc1ccccc1C(=O)OC(C)C(=O)Nc1ccc2c(c1)C(=O)c1ccccc1C2=O. The average molecular weight is 413 g/mol. The van der Waals surface area contributed by atoms with E-state index in [0.29, 0.717) is 27.9 Å². The van der Waals surface area contributed by atoms with E-state index in [0.717, 1.165) is 5.56 Å². The number of ketones is 2. The molecule has 1 aliphatic rings. The van der Waals surface area contributed by atoms with Gasteiger partial charge in [0.05, 0.1) is 5.56 Å². The fourth-order valence-electron chi connectivity index (χ4n) is 3.50. The molecule has 0 saturated heterocycles.